The van der Waals surface area contributed by atoms with Crippen LogP contribution in [0.2, 0.25) is 0 Å². The molecule has 0 aromatic heterocycles. The number of rotatable bonds is 4. The molecule has 0 radical (unpaired) electrons. The van der Waals surface area contributed by atoms with Crippen molar-refractivity contribution in [2.24, 2.45) is 0 Å². The summed E-state index contributed by atoms with van der Waals surface area (Å²) in [4.78, 5) is 15.2. The molecule has 4 rings (SSSR count). The number of carbonyl (C=O) groups excluding carboxylic acids is 1. The summed E-state index contributed by atoms with van der Waals surface area (Å²) in [6.45, 7) is 4.89. The summed E-state index contributed by atoms with van der Waals surface area (Å²) in [5, 5.41) is 6.26. The van der Waals surface area contributed by atoms with Crippen LogP contribution in [0, 0.1) is 19.7 Å². The number of anilines is 1. The van der Waals surface area contributed by atoms with Crippen LogP contribution >= 0.6 is 0 Å². The molecular weight excluding hydrogens is 365 g/mol. The van der Waals surface area contributed by atoms with E-state index >= 15 is 0 Å². The number of urea groups is 1. The van der Waals surface area contributed by atoms with Crippen molar-refractivity contribution in [3.63, 3.8) is 0 Å². The minimum Gasteiger partial charge on any atom is -0.335 e. The van der Waals surface area contributed by atoms with E-state index in [1.54, 1.807) is 0 Å². The molecule has 2 unspecified atom stereocenters. The summed E-state index contributed by atoms with van der Waals surface area (Å²) in [6, 6.07) is 13.9. The van der Waals surface area contributed by atoms with Gasteiger partial charge in [0.25, 0.3) is 0 Å². The molecule has 2 aromatic rings. The Hall–Kier alpha value is -2.40. The van der Waals surface area contributed by atoms with Gasteiger partial charge in [0.15, 0.2) is 0 Å². The van der Waals surface area contributed by atoms with Crippen LogP contribution in [-0.4, -0.2) is 29.1 Å². The summed E-state index contributed by atoms with van der Waals surface area (Å²) in [6.07, 6.45) is 5.51. The van der Waals surface area contributed by atoms with Crippen LogP contribution in [-0.2, 0) is 6.54 Å². The number of fused-ring (bicyclic) bond motifs is 2. The maximum Gasteiger partial charge on any atom is 0.319 e. The van der Waals surface area contributed by atoms with Crippen LogP contribution in [0.5, 0.6) is 0 Å². The molecule has 2 atom stereocenters. The van der Waals surface area contributed by atoms with Gasteiger partial charge in [0.05, 0.1) is 0 Å². The molecule has 2 aromatic carbocycles. The number of hydrogen-bond donors (Lipinski definition) is 2. The van der Waals surface area contributed by atoms with Crippen molar-refractivity contribution in [1.29, 1.82) is 0 Å². The monoisotopic (exact) mass is 395 g/mol. The van der Waals surface area contributed by atoms with Gasteiger partial charge in [-0.05, 0) is 68.4 Å². The van der Waals surface area contributed by atoms with E-state index in [-0.39, 0.29) is 17.9 Å². The standard InChI is InChI=1S/C24H30FN3O/c1-16-5-3-6-17(2)23(16)27-24(29)26-20-13-21-7-4-8-22(14-20)28(21)15-18-9-11-19(25)12-10-18/h3,5-6,9-12,20-22H,4,7-8,13-15H2,1-2H3,(H2,26,27,29). The molecule has 2 fully saturated rings. The first-order chi connectivity index (χ1) is 14.0. The quantitative estimate of drug-likeness (QED) is 0.752. The van der Waals surface area contributed by atoms with Crippen LogP contribution in [0.15, 0.2) is 42.5 Å². The fourth-order valence-corrected chi connectivity index (χ4v) is 5.00. The first-order valence-electron chi connectivity index (χ1n) is 10.6. The van der Waals surface area contributed by atoms with Gasteiger partial charge in [-0.3, -0.25) is 4.90 Å². The number of piperidine rings is 2. The van der Waals surface area contributed by atoms with Gasteiger partial charge in [-0.2, -0.15) is 0 Å². The first-order valence-corrected chi connectivity index (χ1v) is 10.6. The molecule has 0 aliphatic carbocycles. The zero-order chi connectivity index (χ0) is 20.4. The lowest BCUT2D eigenvalue weighted by atomic mass is 9.81. The number of nitrogens with one attached hydrogen (secondary N) is 2. The van der Waals surface area contributed by atoms with Crippen LogP contribution in [0.25, 0.3) is 0 Å². The van der Waals surface area contributed by atoms with E-state index in [0.29, 0.717) is 12.1 Å². The van der Waals surface area contributed by atoms with Gasteiger partial charge in [0.1, 0.15) is 5.82 Å². The van der Waals surface area contributed by atoms with Crippen molar-refractivity contribution in [1.82, 2.24) is 10.2 Å². The first kappa shape index (κ1) is 19.9. The second kappa shape index (κ2) is 8.54. The van der Waals surface area contributed by atoms with Crippen molar-refractivity contribution in [2.45, 2.75) is 70.6 Å². The molecule has 154 valence electrons. The number of nitrogens with zero attached hydrogens (tertiary/aromatic N) is 1. The number of aryl methyl sites for hydroxylation is 2. The van der Waals surface area contributed by atoms with E-state index in [9.17, 15) is 9.18 Å². The van der Waals surface area contributed by atoms with Crippen LogP contribution in [0.3, 0.4) is 0 Å². The predicted molar refractivity (Wildman–Crippen MR) is 114 cm³/mol. The fraction of sp³-hybridized carbons (Fsp3) is 0.458. The second-order valence-electron chi connectivity index (χ2n) is 8.57. The third kappa shape index (κ3) is 4.61. The lowest BCUT2D eigenvalue weighted by Crippen LogP contribution is -2.56. The maximum atomic E-state index is 13.2. The van der Waals surface area contributed by atoms with Crippen molar-refractivity contribution in [2.75, 3.05) is 5.32 Å². The molecule has 2 heterocycles. The number of halogens is 1. The molecule has 5 heteroatoms. The second-order valence-corrected chi connectivity index (χ2v) is 8.57. The number of carbonyl (C=O) groups is 1. The lowest BCUT2D eigenvalue weighted by molar-refractivity contribution is 0.0200. The van der Waals surface area contributed by atoms with E-state index in [0.717, 1.165) is 54.6 Å². The number of amides is 2. The molecule has 2 bridgehead atoms. The van der Waals surface area contributed by atoms with Gasteiger partial charge >= 0.3 is 6.03 Å². The lowest BCUT2D eigenvalue weighted by Gasteiger charge is -2.49. The van der Waals surface area contributed by atoms with E-state index in [4.69, 9.17) is 0 Å². The van der Waals surface area contributed by atoms with Gasteiger partial charge in [-0.15, -0.1) is 0 Å². The smallest absolute Gasteiger partial charge is 0.319 e. The Kier molecular flexibility index (Phi) is 5.86. The number of para-hydroxylation sites is 1. The number of benzene rings is 2. The third-order valence-electron chi connectivity index (χ3n) is 6.46. The average molecular weight is 396 g/mol. The summed E-state index contributed by atoms with van der Waals surface area (Å²) >= 11 is 0. The minimum absolute atomic E-state index is 0.113. The largest absolute Gasteiger partial charge is 0.335 e. The Labute approximate surface area is 172 Å². The Morgan fingerprint density at radius 1 is 1.03 bits per heavy atom. The summed E-state index contributed by atoms with van der Waals surface area (Å²) in [7, 11) is 0. The van der Waals surface area contributed by atoms with E-state index in [1.165, 1.54) is 18.6 Å². The molecule has 2 aliphatic rings. The molecule has 2 saturated heterocycles. The van der Waals surface area contributed by atoms with Crippen LogP contribution in [0.1, 0.15) is 48.8 Å². The van der Waals surface area contributed by atoms with Gasteiger partial charge in [-0.1, -0.05) is 36.8 Å². The zero-order valence-corrected chi connectivity index (χ0v) is 17.2. The number of hydrogen-bond acceptors (Lipinski definition) is 2. The van der Waals surface area contributed by atoms with Gasteiger partial charge < -0.3 is 10.6 Å². The molecule has 0 spiro atoms. The molecule has 2 amide bonds. The van der Waals surface area contributed by atoms with Crippen molar-refractivity contribution >= 4 is 11.7 Å². The molecule has 29 heavy (non-hydrogen) atoms. The van der Waals surface area contributed by atoms with Gasteiger partial charge in [0.2, 0.25) is 0 Å². The van der Waals surface area contributed by atoms with Gasteiger partial charge in [-0.25, -0.2) is 9.18 Å². The van der Waals surface area contributed by atoms with E-state index in [1.807, 2.05) is 44.2 Å². The molecule has 0 saturated carbocycles. The highest BCUT2D eigenvalue weighted by Gasteiger charge is 2.38. The van der Waals surface area contributed by atoms with Crippen molar-refractivity contribution < 1.29 is 9.18 Å². The predicted octanol–water partition coefficient (Wildman–Crippen LogP) is 5.15. The maximum absolute atomic E-state index is 13.2. The molecule has 2 N–H and O–H groups in total. The van der Waals surface area contributed by atoms with Crippen molar-refractivity contribution in [3.05, 3.63) is 65.0 Å². The molecule has 2 aliphatic heterocycles. The SMILES string of the molecule is Cc1cccc(C)c1NC(=O)NC1CC2CCCC(C1)N2Cc1ccc(F)cc1. The Balaban J connectivity index is 1.38. The molecule has 4 nitrogen and oxygen atoms in total. The minimum atomic E-state index is -0.188. The summed E-state index contributed by atoms with van der Waals surface area (Å²) in [5.41, 5.74) is 4.21. The van der Waals surface area contributed by atoms with Crippen molar-refractivity contribution in [3.8, 4) is 0 Å². The summed E-state index contributed by atoms with van der Waals surface area (Å²) in [5.74, 6) is -0.188. The van der Waals surface area contributed by atoms with Crippen LogP contribution in [0.4, 0.5) is 14.9 Å². The Morgan fingerprint density at radius 2 is 1.66 bits per heavy atom. The zero-order valence-electron chi connectivity index (χ0n) is 17.2. The highest BCUT2D eigenvalue weighted by molar-refractivity contribution is 5.91. The summed E-state index contributed by atoms with van der Waals surface area (Å²) < 4.78 is 13.2. The Morgan fingerprint density at radius 3 is 2.28 bits per heavy atom. The molecular formula is C24H30FN3O. The van der Waals surface area contributed by atoms with E-state index < -0.39 is 0 Å². The van der Waals surface area contributed by atoms with E-state index in [2.05, 4.69) is 15.5 Å². The Bertz CT molecular complexity index is 833. The average Bonchev–Trinajstić information content (AvgIpc) is 2.67. The fourth-order valence-electron chi connectivity index (χ4n) is 5.00. The third-order valence-corrected chi connectivity index (χ3v) is 6.46. The van der Waals surface area contributed by atoms with Crippen LogP contribution < -0.4 is 10.6 Å². The van der Waals surface area contributed by atoms with Gasteiger partial charge in [0, 0.05) is 30.4 Å². The highest BCUT2D eigenvalue weighted by atomic mass is 19.1. The normalized spacial score (nSPS) is 24.2. The topological polar surface area (TPSA) is 44.4 Å². The highest BCUT2D eigenvalue weighted by Crippen LogP contribution is 2.35.